The first-order valence-electron chi connectivity index (χ1n) is 3.53. The van der Waals surface area contributed by atoms with Crippen LogP contribution >= 0.6 is 0 Å². The van der Waals surface area contributed by atoms with Crippen molar-refractivity contribution in [1.82, 2.24) is 0 Å². The van der Waals surface area contributed by atoms with Crippen LogP contribution in [0, 0.1) is 10.1 Å². The number of non-ortho nitro benzene ring substituents is 1. The fourth-order valence-electron chi connectivity index (χ4n) is 0.702. The van der Waals surface area contributed by atoms with Crippen LogP contribution in [-0.2, 0) is 4.79 Å². The molecule has 14 heavy (non-hydrogen) atoms. The van der Waals surface area contributed by atoms with E-state index < -0.39 is 4.92 Å². The van der Waals surface area contributed by atoms with Gasteiger partial charge in [0.05, 0.1) is 4.92 Å². The summed E-state index contributed by atoms with van der Waals surface area (Å²) in [5.41, 5.74) is -0.0340. The van der Waals surface area contributed by atoms with Gasteiger partial charge in [0.25, 0.3) is 12.2 Å². The van der Waals surface area contributed by atoms with E-state index in [0.717, 1.165) is 7.11 Å². The van der Waals surface area contributed by atoms with E-state index in [1.54, 1.807) is 0 Å². The van der Waals surface area contributed by atoms with Crippen molar-refractivity contribution < 1.29 is 19.6 Å². The maximum absolute atomic E-state index is 10.2. The molecule has 0 radical (unpaired) electrons. The molecule has 6 nitrogen and oxygen atoms in total. The molecule has 0 aliphatic rings. The normalized spacial score (nSPS) is 8.14. The van der Waals surface area contributed by atoms with E-state index in [4.69, 9.17) is 5.11 Å². The lowest BCUT2D eigenvalue weighted by molar-refractivity contribution is -0.384. The second-order valence-corrected chi connectivity index (χ2v) is 1.97. The molecule has 0 saturated carbocycles. The van der Waals surface area contributed by atoms with Gasteiger partial charge in [0.2, 0.25) is 0 Å². The predicted molar refractivity (Wildman–Crippen MR) is 47.9 cm³/mol. The summed E-state index contributed by atoms with van der Waals surface area (Å²) < 4.78 is 4.44. The van der Waals surface area contributed by atoms with Gasteiger partial charge >= 0.3 is 0 Å². The quantitative estimate of drug-likeness (QED) is 0.440. The molecule has 0 amide bonds. The fraction of sp³-hybridized carbons (Fsp3) is 0.125. The zero-order valence-corrected chi connectivity index (χ0v) is 7.41. The summed E-state index contributed by atoms with van der Waals surface area (Å²) in [7, 11) is 1.00. The van der Waals surface area contributed by atoms with Crippen molar-refractivity contribution in [2.24, 2.45) is 0 Å². The highest BCUT2D eigenvalue weighted by Gasteiger charge is 2.03. The van der Waals surface area contributed by atoms with Gasteiger partial charge in [-0.25, -0.2) is 0 Å². The topological polar surface area (TPSA) is 89.7 Å². The molecule has 0 aliphatic heterocycles. The molecule has 1 aromatic carbocycles. The summed E-state index contributed by atoms with van der Waals surface area (Å²) >= 11 is 0. The zero-order chi connectivity index (χ0) is 11.0. The monoisotopic (exact) mass is 199 g/mol. The molecule has 0 aromatic heterocycles. The largest absolute Gasteiger partial charge is 0.429 e. The number of hydrogen-bond donors (Lipinski definition) is 1. The molecule has 0 heterocycles. The Labute approximate surface area is 79.9 Å². The van der Waals surface area contributed by atoms with Gasteiger partial charge in [0.1, 0.15) is 5.75 Å². The Bertz CT molecular complexity index is 295. The Hall–Kier alpha value is -1.95. The van der Waals surface area contributed by atoms with Crippen molar-refractivity contribution >= 4 is 12.2 Å². The standard InChI is InChI=1S/C7H5NO4.CH4O/c9-5-12-7-3-1-6(2-4-7)8(10)11;1-2/h1-5H;2H,1H3. The number of benzene rings is 1. The van der Waals surface area contributed by atoms with Gasteiger partial charge in [-0.15, -0.1) is 0 Å². The van der Waals surface area contributed by atoms with Crippen LogP contribution in [0.25, 0.3) is 0 Å². The van der Waals surface area contributed by atoms with Gasteiger partial charge < -0.3 is 9.84 Å². The number of nitro groups is 1. The Morgan fingerprint density at radius 3 is 2.21 bits per heavy atom. The van der Waals surface area contributed by atoms with E-state index >= 15 is 0 Å². The zero-order valence-electron chi connectivity index (χ0n) is 7.41. The van der Waals surface area contributed by atoms with Crippen LogP contribution in [0.2, 0.25) is 0 Å². The van der Waals surface area contributed by atoms with Crippen LogP contribution in [0.1, 0.15) is 0 Å². The van der Waals surface area contributed by atoms with E-state index in [1.165, 1.54) is 24.3 Å². The summed E-state index contributed by atoms with van der Waals surface area (Å²) in [6, 6.07) is 5.23. The number of carbonyl (C=O) groups is 1. The van der Waals surface area contributed by atoms with E-state index in [0.29, 0.717) is 0 Å². The van der Waals surface area contributed by atoms with Gasteiger partial charge in [-0.05, 0) is 12.1 Å². The number of carbonyl (C=O) groups excluding carboxylic acids is 1. The average Bonchev–Trinajstić information content (AvgIpc) is 2.22. The average molecular weight is 199 g/mol. The first-order valence-corrected chi connectivity index (χ1v) is 3.53. The second-order valence-electron chi connectivity index (χ2n) is 1.97. The maximum Gasteiger partial charge on any atom is 0.298 e. The van der Waals surface area contributed by atoms with Gasteiger partial charge in [0.15, 0.2) is 0 Å². The Morgan fingerprint density at radius 2 is 1.86 bits per heavy atom. The lowest BCUT2D eigenvalue weighted by Crippen LogP contribution is -1.90. The Morgan fingerprint density at radius 1 is 1.36 bits per heavy atom. The number of hydrogen-bond acceptors (Lipinski definition) is 5. The van der Waals surface area contributed by atoms with E-state index in [2.05, 4.69) is 4.74 Å². The van der Waals surface area contributed by atoms with E-state index in [1.807, 2.05) is 0 Å². The minimum atomic E-state index is -0.523. The predicted octanol–water partition coefficient (Wildman–Crippen LogP) is 0.738. The first kappa shape index (κ1) is 12.0. The molecule has 1 rings (SSSR count). The number of rotatable bonds is 3. The van der Waals surface area contributed by atoms with E-state index in [-0.39, 0.29) is 17.9 Å². The molecule has 1 N–H and O–H groups in total. The summed E-state index contributed by atoms with van der Waals surface area (Å²) in [5.74, 6) is 0.288. The third-order valence-corrected chi connectivity index (χ3v) is 1.23. The van der Waals surface area contributed by atoms with Crippen molar-refractivity contribution in [2.75, 3.05) is 7.11 Å². The molecule has 0 unspecified atom stereocenters. The van der Waals surface area contributed by atoms with Crippen LogP contribution in [0.3, 0.4) is 0 Å². The van der Waals surface area contributed by atoms with Crippen LogP contribution in [0.15, 0.2) is 24.3 Å². The fourth-order valence-corrected chi connectivity index (χ4v) is 0.702. The molecule has 0 fully saturated rings. The number of aliphatic hydroxyl groups excluding tert-OH is 1. The molecular formula is C8H9NO5. The first-order chi connectivity index (χ1) is 6.74. The number of nitrogens with zero attached hydrogens (tertiary/aromatic N) is 1. The maximum atomic E-state index is 10.2. The summed E-state index contributed by atoms with van der Waals surface area (Å²) in [6.45, 7) is 0.265. The summed E-state index contributed by atoms with van der Waals surface area (Å²) in [6.07, 6.45) is 0. The van der Waals surface area contributed by atoms with Crippen molar-refractivity contribution in [3.05, 3.63) is 34.4 Å². The smallest absolute Gasteiger partial charge is 0.298 e. The van der Waals surface area contributed by atoms with Crippen molar-refractivity contribution in [1.29, 1.82) is 0 Å². The van der Waals surface area contributed by atoms with Crippen LogP contribution in [-0.4, -0.2) is 23.6 Å². The minimum absolute atomic E-state index is 0.0340. The van der Waals surface area contributed by atoms with Gasteiger partial charge in [-0.1, -0.05) is 0 Å². The molecule has 0 spiro atoms. The molecule has 76 valence electrons. The highest BCUT2D eigenvalue weighted by Crippen LogP contribution is 2.16. The minimum Gasteiger partial charge on any atom is -0.429 e. The van der Waals surface area contributed by atoms with Gasteiger partial charge in [-0.3, -0.25) is 14.9 Å². The second kappa shape index (κ2) is 6.55. The SMILES string of the molecule is CO.O=COc1ccc([N+](=O)[O-])cc1. The van der Waals surface area contributed by atoms with Crippen molar-refractivity contribution in [2.45, 2.75) is 0 Å². The van der Waals surface area contributed by atoms with E-state index in [9.17, 15) is 14.9 Å². The molecule has 0 saturated heterocycles. The molecule has 0 bridgehead atoms. The lowest BCUT2D eigenvalue weighted by Gasteiger charge is -1.94. The van der Waals surface area contributed by atoms with Gasteiger partial charge in [0, 0.05) is 19.2 Å². The van der Waals surface area contributed by atoms with Crippen molar-refractivity contribution in [3.8, 4) is 5.75 Å². The third kappa shape index (κ3) is 3.63. The highest BCUT2D eigenvalue weighted by atomic mass is 16.6. The summed E-state index contributed by atoms with van der Waals surface area (Å²) in [5, 5.41) is 17.2. The Kier molecular flexibility index (Phi) is 5.64. The van der Waals surface area contributed by atoms with Crippen LogP contribution in [0.5, 0.6) is 5.75 Å². The van der Waals surface area contributed by atoms with Crippen molar-refractivity contribution in [3.63, 3.8) is 0 Å². The molecule has 6 heteroatoms. The molecule has 0 atom stereocenters. The number of ether oxygens (including phenoxy) is 1. The summed E-state index contributed by atoms with van der Waals surface area (Å²) in [4.78, 5) is 19.5. The van der Waals surface area contributed by atoms with Crippen LogP contribution < -0.4 is 4.74 Å². The lowest BCUT2D eigenvalue weighted by atomic mass is 10.3. The third-order valence-electron chi connectivity index (χ3n) is 1.23. The van der Waals surface area contributed by atoms with Gasteiger partial charge in [-0.2, -0.15) is 0 Å². The molecule has 1 aromatic rings. The highest BCUT2D eigenvalue weighted by molar-refractivity contribution is 5.46. The molecular weight excluding hydrogens is 190 g/mol. The Balaban J connectivity index is 0.000000791. The molecule has 0 aliphatic carbocycles. The van der Waals surface area contributed by atoms with Crippen LogP contribution in [0.4, 0.5) is 5.69 Å². The number of nitro benzene ring substituents is 1. The number of aliphatic hydroxyl groups is 1.